The molecule has 1 saturated carbocycles. The molecule has 1 aromatic heterocycles. The third-order valence-corrected chi connectivity index (χ3v) is 4.33. The van der Waals surface area contributed by atoms with E-state index < -0.39 is 0 Å². The van der Waals surface area contributed by atoms with Crippen LogP contribution in [0.1, 0.15) is 55.0 Å². The lowest BCUT2D eigenvalue weighted by molar-refractivity contribution is 0.203. The lowest BCUT2D eigenvalue weighted by Gasteiger charge is -2.04. The van der Waals surface area contributed by atoms with Gasteiger partial charge >= 0.3 is 0 Å². The van der Waals surface area contributed by atoms with Crippen LogP contribution in [0.3, 0.4) is 0 Å². The first-order valence-corrected chi connectivity index (χ1v) is 6.12. The van der Waals surface area contributed by atoms with Gasteiger partial charge in [0.1, 0.15) is 0 Å². The predicted molar refractivity (Wildman–Crippen MR) is 58.5 cm³/mol. The Kier molecular flexibility index (Phi) is 2.88. The highest BCUT2D eigenvalue weighted by Crippen LogP contribution is 2.40. The topological polar surface area (TPSA) is 33.1 Å². The number of rotatable bonds is 2. The number of aromatic nitrogens is 1. The smallest absolute Gasteiger partial charge is 0.0959 e. The molecule has 3 unspecified atom stereocenters. The van der Waals surface area contributed by atoms with Crippen molar-refractivity contribution in [1.29, 1.82) is 0 Å². The normalized spacial score (nSPS) is 29.4. The Morgan fingerprint density at radius 3 is 2.86 bits per heavy atom. The zero-order chi connectivity index (χ0) is 10.1. The first kappa shape index (κ1) is 10.1. The molecule has 1 heterocycles. The van der Waals surface area contributed by atoms with Crippen LogP contribution in [0.2, 0.25) is 0 Å². The highest BCUT2D eigenvalue weighted by molar-refractivity contribution is 7.11. The summed E-state index contributed by atoms with van der Waals surface area (Å²) in [4.78, 5) is 5.41. The van der Waals surface area contributed by atoms with Crippen LogP contribution in [-0.4, -0.2) is 10.1 Å². The van der Waals surface area contributed by atoms with Gasteiger partial charge in [-0.15, -0.1) is 11.3 Å². The van der Waals surface area contributed by atoms with Gasteiger partial charge in [0.15, 0.2) is 0 Å². The third kappa shape index (κ3) is 1.98. The van der Waals surface area contributed by atoms with Crippen LogP contribution in [0.25, 0.3) is 0 Å². The lowest BCUT2D eigenvalue weighted by atomic mass is 10.1. The van der Waals surface area contributed by atoms with Crippen molar-refractivity contribution in [1.82, 2.24) is 4.98 Å². The van der Waals surface area contributed by atoms with Crippen LogP contribution < -0.4 is 0 Å². The molecule has 0 amide bonds. The van der Waals surface area contributed by atoms with Crippen molar-refractivity contribution >= 4 is 11.3 Å². The van der Waals surface area contributed by atoms with Crippen LogP contribution in [0.4, 0.5) is 0 Å². The lowest BCUT2D eigenvalue weighted by Crippen LogP contribution is -1.91. The van der Waals surface area contributed by atoms with Crippen molar-refractivity contribution in [3.8, 4) is 0 Å². The molecule has 0 aliphatic heterocycles. The van der Waals surface area contributed by atoms with Gasteiger partial charge in [-0.3, -0.25) is 0 Å². The average molecular weight is 211 g/mol. The number of nitrogens with zero attached hydrogens (tertiary/aromatic N) is 1. The summed E-state index contributed by atoms with van der Waals surface area (Å²) in [5, 5.41) is 10.6. The number of hydrogen-bond acceptors (Lipinski definition) is 3. The number of hydrogen-bond donors (Lipinski definition) is 1. The minimum absolute atomic E-state index is 0.361. The summed E-state index contributed by atoms with van der Waals surface area (Å²) < 4.78 is 0. The zero-order valence-electron chi connectivity index (χ0n) is 8.73. The Hall–Kier alpha value is -0.410. The van der Waals surface area contributed by atoms with Crippen LogP contribution in [-0.2, 0) is 0 Å². The number of aliphatic hydroxyl groups is 1. The van der Waals surface area contributed by atoms with Crippen LogP contribution in [0.15, 0.2) is 6.20 Å². The first-order chi connectivity index (χ1) is 6.66. The molecule has 14 heavy (non-hydrogen) atoms. The second kappa shape index (κ2) is 3.99. The first-order valence-electron chi connectivity index (χ1n) is 5.30. The van der Waals surface area contributed by atoms with E-state index in [1.165, 1.54) is 24.3 Å². The zero-order valence-corrected chi connectivity index (χ0v) is 9.55. The standard InChI is InChI=1S/C11H17NOS/c1-7-3-4-9(5-7)11-12-6-10(14-11)8(2)13/h6-9,13H,3-5H2,1-2H3. The molecule has 78 valence electrons. The highest BCUT2D eigenvalue weighted by Gasteiger charge is 2.25. The summed E-state index contributed by atoms with van der Waals surface area (Å²) in [6.07, 6.45) is 5.34. The van der Waals surface area contributed by atoms with E-state index in [-0.39, 0.29) is 6.10 Å². The largest absolute Gasteiger partial charge is 0.388 e. The minimum atomic E-state index is -0.361. The Morgan fingerprint density at radius 1 is 1.57 bits per heavy atom. The molecule has 0 aromatic carbocycles. The van der Waals surface area contributed by atoms with Gasteiger partial charge < -0.3 is 5.11 Å². The van der Waals surface area contributed by atoms with Crippen LogP contribution in [0.5, 0.6) is 0 Å². The summed E-state index contributed by atoms with van der Waals surface area (Å²) >= 11 is 1.68. The SMILES string of the molecule is CC1CCC(c2ncc(C(C)O)s2)C1. The van der Waals surface area contributed by atoms with Gasteiger partial charge in [0, 0.05) is 12.1 Å². The maximum atomic E-state index is 9.40. The molecule has 1 aromatic rings. The fraction of sp³-hybridized carbons (Fsp3) is 0.727. The summed E-state index contributed by atoms with van der Waals surface area (Å²) in [7, 11) is 0. The van der Waals surface area contributed by atoms with Crippen LogP contribution >= 0.6 is 11.3 Å². The van der Waals surface area contributed by atoms with Crippen molar-refractivity contribution in [2.24, 2.45) is 5.92 Å². The summed E-state index contributed by atoms with van der Waals surface area (Å²) in [6, 6.07) is 0. The van der Waals surface area contributed by atoms with Gasteiger partial charge in [-0.25, -0.2) is 4.98 Å². The molecule has 0 bridgehead atoms. The fourth-order valence-corrected chi connectivity index (χ4v) is 3.12. The summed E-state index contributed by atoms with van der Waals surface area (Å²) in [5.41, 5.74) is 0. The average Bonchev–Trinajstić information content (AvgIpc) is 2.70. The van der Waals surface area contributed by atoms with Gasteiger partial charge in [-0.2, -0.15) is 0 Å². The molecule has 0 spiro atoms. The minimum Gasteiger partial charge on any atom is -0.388 e. The van der Waals surface area contributed by atoms with Crippen molar-refractivity contribution < 1.29 is 5.11 Å². The molecule has 1 N–H and O–H groups in total. The van der Waals surface area contributed by atoms with E-state index >= 15 is 0 Å². The monoisotopic (exact) mass is 211 g/mol. The van der Waals surface area contributed by atoms with Crippen LogP contribution in [0, 0.1) is 5.92 Å². The van der Waals surface area contributed by atoms with E-state index in [0.29, 0.717) is 5.92 Å². The molecular formula is C11H17NOS. The molecular weight excluding hydrogens is 194 g/mol. The summed E-state index contributed by atoms with van der Waals surface area (Å²) in [5.74, 6) is 1.50. The molecule has 3 atom stereocenters. The maximum Gasteiger partial charge on any atom is 0.0959 e. The Bertz CT molecular complexity index is 308. The van der Waals surface area contributed by atoms with Gasteiger partial charge in [0.05, 0.1) is 16.0 Å². The van der Waals surface area contributed by atoms with Crippen molar-refractivity contribution in [3.05, 3.63) is 16.1 Å². The second-order valence-electron chi connectivity index (χ2n) is 4.39. The predicted octanol–water partition coefficient (Wildman–Crippen LogP) is 3.10. The van der Waals surface area contributed by atoms with E-state index in [1.807, 2.05) is 6.20 Å². The Morgan fingerprint density at radius 2 is 2.36 bits per heavy atom. The molecule has 1 aliphatic rings. The van der Waals surface area contributed by atoms with Crippen molar-refractivity contribution in [2.75, 3.05) is 0 Å². The second-order valence-corrected chi connectivity index (χ2v) is 5.49. The van der Waals surface area contributed by atoms with Gasteiger partial charge in [0.2, 0.25) is 0 Å². The maximum absolute atomic E-state index is 9.40. The van der Waals surface area contributed by atoms with E-state index in [1.54, 1.807) is 18.3 Å². The van der Waals surface area contributed by atoms with Crippen molar-refractivity contribution in [2.45, 2.75) is 45.1 Å². The van der Waals surface area contributed by atoms with Gasteiger partial charge in [0.25, 0.3) is 0 Å². The Balaban J connectivity index is 2.09. The van der Waals surface area contributed by atoms with E-state index in [4.69, 9.17) is 0 Å². The highest BCUT2D eigenvalue weighted by atomic mass is 32.1. The number of thiazole rings is 1. The quantitative estimate of drug-likeness (QED) is 0.815. The molecule has 2 rings (SSSR count). The van der Waals surface area contributed by atoms with E-state index in [2.05, 4.69) is 11.9 Å². The molecule has 0 saturated heterocycles. The molecule has 0 radical (unpaired) electrons. The van der Waals surface area contributed by atoms with Gasteiger partial charge in [-0.1, -0.05) is 13.3 Å². The van der Waals surface area contributed by atoms with Gasteiger partial charge in [-0.05, 0) is 25.7 Å². The molecule has 1 fully saturated rings. The van der Waals surface area contributed by atoms with E-state index in [0.717, 1.165) is 10.8 Å². The third-order valence-electron chi connectivity index (χ3n) is 3.00. The Labute approximate surface area is 89.0 Å². The molecule has 1 aliphatic carbocycles. The fourth-order valence-electron chi connectivity index (χ4n) is 2.11. The number of aliphatic hydroxyl groups excluding tert-OH is 1. The van der Waals surface area contributed by atoms with E-state index in [9.17, 15) is 5.11 Å². The van der Waals surface area contributed by atoms with Crippen molar-refractivity contribution in [3.63, 3.8) is 0 Å². The molecule has 3 heteroatoms. The molecule has 2 nitrogen and oxygen atoms in total. The summed E-state index contributed by atoms with van der Waals surface area (Å²) in [6.45, 7) is 4.11.